The molecule has 148 valence electrons. The molecular formula is C21H27N5O2. The lowest BCUT2D eigenvalue weighted by molar-refractivity contribution is 0.0950. The molecule has 0 bridgehead atoms. The van der Waals surface area contributed by atoms with Gasteiger partial charge in [0.05, 0.1) is 10.9 Å². The molecule has 3 aromatic rings. The molecule has 0 aromatic carbocycles. The molecule has 0 aliphatic carbocycles. The molecule has 0 spiro atoms. The smallest absolute Gasteiger partial charge is 0.267 e. The van der Waals surface area contributed by atoms with E-state index in [0.29, 0.717) is 23.2 Å². The van der Waals surface area contributed by atoms with E-state index >= 15 is 0 Å². The van der Waals surface area contributed by atoms with Crippen molar-refractivity contribution in [3.8, 4) is 0 Å². The fourth-order valence-electron chi connectivity index (χ4n) is 3.35. The number of aromatic nitrogens is 3. The Morgan fingerprint density at radius 2 is 1.93 bits per heavy atom. The Labute approximate surface area is 163 Å². The van der Waals surface area contributed by atoms with E-state index in [9.17, 15) is 9.59 Å². The number of amides is 1. The van der Waals surface area contributed by atoms with Crippen LogP contribution in [0.5, 0.6) is 0 Å². The monoisotopic (exact) mass is 381 g/mol. The van der Waals surface area contributed by atoms with E-state index < -0.39 is 0 Å². The van der Waals surface area contributed by atoms with Crippen molar-refractivity contribution < 1.29 is 4.79 Å². The first-order valence-electron chi connectivity index (χ1n) is 9.88. The van der Waals surface area contributed by atoms with Gasteiger partial charge in [-0.25, -0.2) is 4.98 Å². The molecular weight excluding hydrogens is 354 g/mol. The number of rotatable bonds is 8. The average Bonchev–Trinajstić information content (AvgIpc) is 2.70. The van der Waals surface area contributed by atoms with Gasteiger partial charge in [-0.2, -0.15) is 0 Å². The standard InChI is InChI=1S/C21H27N5O2/c1-3-4-5-6-7-9-12-23-20(27)15-14-16-19(25(2)18(15)22)24-17-11-8-10-13-26(17)21(16)28/h8,10-11,13-14,22H,3-7,9,12H2,1-2H3,(H,23,27). The lowest BCUT2D eigenvalue weighted by Gasteiger charge is -2.11. The highest BCUT2D eigenvalue weighted by Crippen LogP contribution is 2.09. The van der Waals surface area contributed by atoms with Gasteiger partial charge < -0.3 is 9.88 Å². The largest absolute Gasteiger partial charge is 0.352 e. The molecule has 7 nitrogen and oxygen atoms in total. The average molecular weight is 381 g/mol. The molecule has 0 aliphatic rings. The maximum Gasteiger partial charge on any atom is 0.267 e. The molecule has 0 fully saturated rings. The van der Waals surface area contributed by atoms with Gasteiger partial charge in [-0.3, -0.25) is 19.4 Å². The van der Waals surface area contributed by atoms with Crippen LogP contribution in [0.3, 0.4) is 0 Å². The Bertz CT molecular complexity index is 1110. The van der Waals surface area contributed by atoms with Crippen LogP contribution in [0.2, 0.25) is 0 Å². The summed E-state index contributed by atoms with van der Waals surface area (Å²) < 4.78 is 2.94. The van der Waals surface area contributed by atoms with Crippen LogP contribution in [0.1, 0.15) is 55.8 Å². The van der Waals surface area contributed by atoms with Crippen LogP contribution >= 0.6 is 0 Å². The van der Waals surface area contributed by atoms with Gasteiger partial charge in [0, 0.05) is 19.8 Å². The number of aryl methyl sites for hydroxylation is 1. The van der Waals surface area contributed by atoms with Crippen LogP contribution < -0.4 is 16.4 Å². The first kappa shape index (κ1) is 19.8. The molecule has 2 N–H and O–H groups in total. The summed E-state index contributed by atoms with van der Waals surface area (Å²) in [7, 11) is 1.65. The fourth-order valence-corrected chi connectivity index (χ4v) is 3.35. The number of unbranched alkanes of at least 4 members (excludes halogenated alkanes) is 5. The highest BCUT2D eigenvalue weighted by Gasteiger charge is 2.15. The predicted octanol–water partition coefficient (Wildman–Crippen LogP) is 2.76. The maximum atomic E-state index is 12.8. The second kappa shape index (κ2) is 8.82. The molecule has 0 radical (unpaired) electrons. The maximum absolute atomic E-state index is 12.8. The van der Waals surface area contributed by atoms with E-state index in [-0.39, 0.29) is 22.5 Å². The van der Waals surface area contributed by atoms with Gasteiger partial charge in [0.25, 0.3) is 11.5 Å². The molecule has 0 saturated carbocycles. The van der Waals surface area contributed by atoms with Crippen molar-refractivity contribution in [2.45, 2.75) is 45.4 Å². The third-order valence-corrected chi connectivity index (χ3v) is 5.01. The number of carbonyl (C=O) groups is 1. The lowest BCUT2D eigenvalue weighted by atomic mass is 10.1. The number of pyridine rings is 2. The number of hydrogen-bond donors (Lipinski definition) is 2. The first-order valence-corrected chi connectivity index (χ1v) is 9.88. The minimum absolute atomic E-state index is 0.0418. The molecule has 3 aromatic heterocycles. The van der Waals surface area contributed by atoms with Gasteiger partial charge in [-0.05, 0) is 24.6 Å². The van der Waals surface area contributed by atoms with E-state index in [0.717, 1.165) is 12.8 Å². The molecule has 0 saturated heterocycles. The van der Waals surface area contributed by atoms with Gasteiger partial charge in [-0.15, -0.1) is 0 Å². The normalized spacial score (nSPS) is 11.2. The zero-order valence-electron chi connectivity index (χ0n) is 16.5. The van der Waals surface area contributed by atoms with Gasteiger partial charge in [0.15, 0.2) is 0 Å². The highest BCUT2D eigenvalue weighted by atomic mass is 16.1. The summed E-state index contributed by atoms with van der Waals surface area (Å²) in [6.45, 7) is 2.76. The number of carbonyl (C=O) groups excluding carboxylic acids is 1. The zero-order valence-corrected chi connectivity index (χ0v) is 16.5. The van der Waals surface area contributed by atoms with Gasteiger partial charge in [0.1, 0.15) is 16.8 Å². The summed E-state index contributed by atoms with van der Waals surface area (Å²) in [5, 5.41) is 11.5. The molecule has 28 heavy (non-hydrogen) atoms. The second-order valence-electron chi connectivity index (χ2n) is 7.07. The van der Waals surface area contributed by atoms with E-state index in [1.165, 1.54) is 40.7 Å². The fraction of sp³-hybridized carbons (Fsp3) is 0.429. The van der Waals surface area contributed by atoms with Crippen molar-refractivity contribution >= 4 is 22.6 Å². The highest BCUT2D eigenvalue weighted by molar-refractivity contribution is 5.96. The van der Waals surface area contributed by atoms with Crippen LogP contribution in [-0.4, -0.2) is 26.4 Å². The third kappa shape index (κ3) is 3.98. The number of hydrogen-bond acceptors (Lipinski definition) is 4. The van der Waals surface area contributed by atoms with Crippen molar-refractivity contribution in [2.24, 2.45) is 7.05 Å². The van der Waals surface area contributed by atoms with Crippen LogP contribution in [0.15, 0.2) is 35.3 Å². The quantitative estimate of drug-likeness (QED) is 0.464. The van der Waals surface area contributed by atoms with Gasteiger partial charge >= 0.3 is 0 Å². The number of nitrogens with one attached hydrogen (secondary N) is 2. The Morgan fingerprint density at radius 1 is 1.18 bits per heavy atom. The molecule has 3 rings (SSSR count). The Balaban J connectivity index is 1.84. The first-order chi connectivity index (χ1) is 13.5. The van der Waals surface area contributed by atoms with Crippen molar-refractivity contribution in [2.75, 3.05) is 6.54 Å². The van der Waals surface area contributed by atoms with Crippen LogP contribution in [0, 0.1) is 5.41 Å². The summed E-state index contributed by atoms with van der Waals surface area (Å²) in [5.74, 6) is -0.325. The SMILES string of the molecule is CCCCCCCCNC(=O)c1cc2c(=O)n3ccccc3nc2n(C)c1=N. The summed E-state index contributed by atoms with van der Waals surface area (Å²) in [6.07, 6.45) is 8.51. The van der Waals surface area contributed by atoms with E-state index in [1.807, 2.05) is 0 Å². The molecule has 0 atom stereocenters. The Kier molecular flexibility index (Phi) is 6.23. The van der Waals surface area contributed by atoms with Crippen LogP contribution in [0.25, 0.3) is 16.7 Å². The molecule has 1 amide bonds. The zero-order chi connectivity index (χ0) is 20.1. The summed E-state index contributed by atoms with van der Waals surface area (Å²) in [6, 6.07) is 6.79. The van der Waals surface area contributed by atoms with Crippen LogP contribution in [-0.2, 0) is 7.05 Å². The summed E-state index contributed by atoms with van der Waals surface area (Å²) in [4.78, 5) is 29.9. The lowest BCUT2D eigenvalue weighted by Crippen LogP contribution is -2.34. The second-order valence-corrected chi connectivity index (χ2v) is 7.07. The summed E-state index contributed by atoms with van der Waals surface area (Å²) in [5.41, 5.74) is 0.890. The molecule has 0 unspecified atom stereocenters. The van der Waals surface area contributed by atoms with Crippen molar-refractivity contribution in [3.05, 3.63) is 51.9 Å². The Morgan fingerprint density at radius 3 is 2.71 bits per heavy atom. The van der Waals surface area contributed by atoms with E-state index in [4.69, 9.17) is 5.41 Å². The minimum atomic E-state index is -0.325. The number of fused-ring (bicyclic) bond motifs is 2. The van der Waals surface area contributed by atoms with Crippen molar-refractivity contribution in [1.82, 2.24) is 19.3 Å². The van der Waals surface area contributed by atoms with E-state index in [1.54, 1.807) is 31.4 Å². The van der Waals surface area contributed by atoms with E-state index in [2.05, 4.69) is 17.2 Å². The topological polar surface area (TPSA) is 92.2 Å². The Hall–Kier alpha value is -2.96. The van der Waals surface area contributed by atoms with Crippen molar-refractivity contribution in [1.29, 1.82) is 5.41 Å². The molecule has 3 heterocycles. The number of nitrogens with zero attached hydrogens (tertiary/aromatic N) is 3. The third-order valence-electron chi connectivity index (χ3n) is 5.01. The van der Waals surface area contributed by atoms with Gasteiger partial charge in [0.2, 0.25) is 0 Å². The molecule has 7 heteroatoms. The summed E-state index contributed by atoms with van der Waals surface area (Å²) >= 11 is 0. The minimum Gasteiger partial charge on any atom is -0.352 e. The van der Waals surface area contributed by atoms with Gasteiger partial charge in [-0.1, -0.05) is 45.1 Å². The van der Waals surface area contributed by atoms with Crippen LogP contribution in [0.4, 0.5) is 0 Å². The van der Waals surface area contributed by atoms with Crippen molar-refractivity contribution in [3.63, 3.8) is 0 Å². The molecule has 0 aliphatic heterocycles. The predicted molar refractivity (Wildman–Crippen MR) is 110 cm³/mol.